The summed E-state index contributed by atoms with van der Waals surface area (Å²) < 4.78 is 16.2. The quantitative estimate of drug-likeness (QED) is 0.222. The van der Waals surface area contributed by atoms with Crippen molar-refractivity contribution in [2.75, 3.05) is 51.9 Å². The summed E-state index contributed by atoms with van der Waals surface area (Å²) in [5.74, 6) is -0.0347. The second kappa shape index (κ2) is 11.6. The van der Waals surface area contributed by atoms with E-state index in [9.17, 15) is 14.9 Å². The number of hydrogen-bond donors (Lipinski definition) is 0. The summed E-state index contributed by atoms with van der Waals surface area (Å²) in [6, 6.07) is 15.5. The van der Waals surface area contributed by atoms with Crippen molar-refractivity contribution >= 4 is 46.2 Å². The van der Waals surface area contributed by atoms with Crippen LogP contribution in [-0.4, -0.2) is 63.8 Å². The van der Waals surface area contributed by atoms with Crippen LogP contribution >= 0.6 is 22.6 Å². The number of amides is 1. The van der Waals surface area contributed by atoms with Crippen molar-refractivity contribution in [3.8, 4) is 17.6 Å². The van der Waals surface area contributed by atoms with Crippen LogP contribution in [0, 0.1) is 14.9 Å². The largest absolute Gasteiger partial charge is 0.493 e. The van der Waals surface area contributed by atoms with Gasteiger partial charge in [-0.1, -0.05) is 18.2 Å². The van der Waals surface area contributed by atoms with Gasteiger partial charge in [0, 0.05) is 31.9 Å². The molecule has 9 heteroatoms. The lowest BCUT2D eigenvalue weighted by molar-refractivity contribution is -0.143. The van der Waals surface area contributed by atoms with E-state index < -0.39 is 5.97 Å². The van der Waals surface area contributed by atoms with Gasteiger partial charge in [0.1, 0.15) is 11.6 Å². The topological polar surface area (TPSA) is 92.1 Å². The Balaban J connectivity index is 1.73. The molecule has 0 N–H and O–H groups in total. The number of halogens is 1. The zero-order chi connectivity index (χ0) is 23.8. The van der Waals surface area contributed by atoms with Crippen LogP contribution in [0.25, 0.3) is 6.08 Å². The van der Waals surface area contributed by atoms with Gasteiger partial charge in [0.05, 0.1) is 17.8 Å². The van der Waals surface area contributed by atoms with Gasteiger partial charge in [-0.2, -0.15) is 5.26 Å². The molecule has 0 spiro atoms. The number of benzene rings is 2. The van der Waals surface area contributed by atoms with Crippen molar-refractivity contribution in [1.82, 2.24) is 4.90 Å². The van der Waals surface area contributed by atoms with Crippen LogP contribution in [-0.2, 0) is 14.3 Å². The van der Waals surface area contributed by atoms with E-state index in [0.717, 1.165) is 5.69 Å². The molecule has 2 aromatic carbocycles. The van der Waals surface area contributed by atoms with Crippen LogP contribution in [0.1, 0.15) is 5.56 Å². The molecule has 0 saturated carbocycles. The van der Waals surface area contributed by atoms with Gasteiger partial charge in [-0.3, -0.25) is 4.79 Å². The molecule has 1 aliphatic rings. The third-order valence-electron chi connectivity index (χ3n) is 5.16. The monoisotopic (exact) mass is 561 g/mol. The molecule has 1 saturated heterocycles. The highest BCUT2D eigenvalue weighted by atomic mass is 127. The van der Waals surface area contributed by atoms with E-state index in [-0.39, 0.29) is 18.1 Å². The van der Waals surface area contributed by atoms with E-state index in [0.29, 0.717) is 46.8 Å². The van der Waals surface area contributed by atoms with Crippen molar-refractivity contribution in [3.63, 3.8) is 0 Å². The molecule has 0 unspecified atom stereocenters. The summed E-state index contributed by atoms with van der Waals surface area (Å²) >= 11 is 2.05. The highest BCUT2D eigenvalue weighted by Gasteiger charge is 2.24. The first-order chi connectivity index (χ1) is 16.0. The molecule has 0 aliphatic carbocycles. The van der Waals surface area contributed by atoms with Gasteiger partial charge in [-0.05, 0) is 58.5 Å². The second-order valence-corrected chi connectivity index (χ2v) is 8.35. The highest BCUT2D eigenvalue weighted by molar-refractivity contribution is 14.1. The number of anilines is 1. The number of carbonyl (C=O) groups excluding carboxylic acids is 2. The number of para-hydroxylation sites is 1. The number of nitriles is 1. The maximum Gasteiger partial charge on any atom is 0.343 e. The van der Waals surface area contributed by atoms with Gasteiger partial charge in [-0.15, -0.1) is 0 Å². The van der Waals surface area contributed by atoms with Gasteiger partial charge in [-0.25, -0.2) is 4.79 Å². The molecule has 1 fully saturated rings. The number of piperazine rings is 1. The minimum absolute atomic E-state index is 0.0456. The maximum absolute atomic E-state index is 13.0. The van der Waals surface area contributed by atoms with Gasteiger partial charge in [0.15, 0.2) is 18.1 Å². The fourth-order valence-corrected chi connectivity index (χ4v) is 4.22. The van der Waals surface area contributed by atoms with Crippen LogP contribution < -0.4 is 14.4 Å². The predicted octanol–water partition coefficient (Wildman–Crippen LogP) is 3.11. The standard InChI is InChI=1S/C24H24IN3O5/c1-31-21-14-17(13-20(25)23(21)33-16-22(29)32-2)12-18(15-26)24(30)28-10-8-27(9-11-28)19-6-4-3-5-7-19/h3-7,12-14H,8-11,16H2,1-2H3/b18-12-. The van der Waals surface area contributed by atoms with Crippen LogP contribution in [0.2, 0.25) is 0 Å². The Morgan fingerprint density at radius 2 is 1.82 bits per heavy atom. The summed E-state index contributed by atoms with van der Waals surface area (Å²) in [7, 11) is 2.76. The first-order valence-corrected chi connectivity index (χ1v) is 11.3. The van der Waals surface area contributed by atoms with Crippen LogP contribution in [0.4, 0.5) is 5.69 Å². The lowest BCUT2D eigenvalue weighted by atomic mass is 10.1. The average Bonchev–Trinajstić information content (AvgIpc) is 2.86. The summed E-state index contributed by atoms with van der Waals surface area (Å²) in [5, 5.41) is 9.66. The maximum atomic E-state index is 13.0. The number of rotatable bonds is 7. The first kappa shape index (κ1) is 24.4. The molecule has 8 nitrogen and oxygen atoms in total. The predicted molar refractivity (Wildman–Crippen MR) is 132 cm³/mol. The number of nitrogens with zero attached hydrogens (tertiary/aromatic N) is 3. The molecule has 2 aromatic rings. The summed E-state index contributed by atoms with van der Waals surface area (Å²) in [4.78, 5) is 28.3. The minimum atomic E-state index is -0.512. The normalized spacial score (nSPS) is 13.8. The molecule has 1 aliphatic heterocycles. The summed E-state index contributed by atoms with van der Waals surface area (Å²) in [6.07, 6.45) is 1.54. The smallest absolute Gasteiger partial charge is 0.343 e. The van der Waals surface area contributed by atoms with E-state index in [1.807, 2.05) is 36.4 Å². The zero-order valence-corrected chi connectivity index (χ0v) is 20.6. The zero-order valence-electron chi connectivity index (χ0n) is 18.4. The molecule has 0 bridgehead atoms. The van der Waals surface area contributed by atoms with E-state index in [1.165, 1.54) is 14.2 Å². The number of ether oxygens (including phenoxy) is 3. The first-order valence-electron chi connectivity index (χ1n) is 10.2. The van der Waals surface area contributed by atoms with Gasteiger partial charge < -0.3 is 24.0 Å². The SMILES string of the molecule is COC(=O)COc1c(I)cc(/C=C(/C#N)C(=O)N2CCN(c3ccccc3)CC2)cc1OC. The number of esters is 1. The molecule has 0 atom stereocenters. The van der Waals surface area contributed by atoms with Crippen molar-refractivity contribution in [2.24, 2.45) is 0 Å². The molecule has 0 radical (unpaired) electrons. The van der Waals surface area contributed by atoms with Crippen molar-refractivity contribution in [2.45, 2.75) is 0 Å². The molecule has 1 heterocycles. The Morgan fingerprint density at radius 1 is 1.12 bits per heavy atom. The van der Waals surface area contributed by atoms with Gasteiger partial charge >= 0.3 is 5.97 Å². The third-order valence-corrected chi connectivity index (χ3v) is 5.97. The molecule has 33 heavy (non-hydrogen) atoms. The van der Waals surface area contributed by atoms with Crippen LogP contribution in [0.15, 0.2) is 48.0 Å². The number of carbonyl (C=O) groups is 2. The van der Waals surface area contributed by atoms with Crippen LogP contribution in [0.5, 0.6) is 11.5 Å². The Kier molecular flexibility index (Phi) is 8.54. The highest BCUT2D eigenvalue weighted by Crippen LogP contribution is 2.34. The van der Waals surface area contributed by atoms with Crippen molar-refractivity contribution < 1.29 is 23.8 Å². The Bertz CT molecular complexity index is 1070. The lowest BCUT2D eigenvalue weighted by Gasteiger charge is -2.36. The fraction of sp³-hybridized carbons (Fsp3) is 0.292. The third kappa shape index (κ3) is 6.16. The molecule has 1 amide bonds. The van der Waals surface area contributed by atoms with Gasteiger partial charge in [0.2, 0.25) is 0 Å². The van der Waals surface area contributed by atoms with E-state index in [4.69, 9.17) is 9.47 Å². The number of methoxy groups -OCH3 is 2. The molecule has 172 valence electrons. The summed E-state index contributed by atoms with van der Waals surface area (Å²) in [6.45, 7) is 2.22. The molecular weight excluding hydrogens is 537 g/mol. The minimum Gasteiger partial charge on any atom is -0.493 e. The fourth-order valence-electron chi connectivity index (χ4n) is 3.44. The van der Waals surface area contributed by atoms with E-state index in [1.54, 1.807) is 23.1 Å². The Morgan fingerprint density at radius 3 is 2.42 bits per heavy atom. The average molecular weight is 561 g/mol. The second-order valence-electron chi connectivity index (χ2n) is 7.18. The van der Waals surface area contributed by atoms with Crippen molar-refractivity contribution in [1.29, 1.82) is 5.26 Å². The van der Waals surface area contributed by atoms with Gasteiger partial charge in [0.25, 0.3) is 5.91 Å². The molecule has 3 rings (SSSR count). The van der Waals surface area contributed by atoms with E-state index >= 15 is 0 Å². The Labute approximate surface area is 206 Å². The Hall–Kier alpha value is -3.26. The molecular formula is C24H24IN3O5. The van der Waals surface area contributed by atoms with Crippen molar-refractivity contribution in [3.05, 3.63) is 57.2 Å². The molecule has 0 aromatic heterocycles. The lowest BCUT2D eigenvalue weighted by Crippen LogP contribution is -2.49. The number of hydrogen-bond acceptors (Lipinski definition) is 7. The van der Waals surface area contributed by atoms with Crippen LogP contribution in [0.3, 0.4) is 0 Å². The summed E-state index contributed by atoms with van der Waals surface area (Å²) in [5.41, 5.74) is 1.79. The van der Waals surface area contributed by atoms with E-state index in [2.05, 4.69) is 32.2 Å².